The monoisotopic (exact) mass is 243 g/mol. The summed E-state index contributed by atoms with van der Waals surface area (Å²) in [6.07, 6.45) is -4.94. The van der Waals surface area contributed by atoms with Crippen molar-refractivity contribution in [1.29, 1.82) is 0 Å². The lowest BCUT2D eigenvalue weighted by Gasteiger charge is -2.16. The molecule has 0 radical (unpaired) electrons. The molecule has 1 atom stereocenters. The number of rotatable bonds is 3. The molecule has 1 saturated heterocycles. The molecular weight excluding hydrogens is 231 g/mol. The van der Waals surface area contributed by atoms with Crippen LogP contribution >= 0.6 is 11.6 Å². The van der Waals surface area contributed by atoms with E-state index in [1.807, 2.05) is 0 Å². The highest BCUT2D eigenvalue weighted by Crippen LogP contribution is 2.24. The fourth-order valence-corrected chi connectivity index (χ4v) is 1.84. The minimum atomic E-state index is -4.25. The summed E-state index contributed by atoms with van der Waals surface area (Å²) < 4.78 is 35.6. The lowest BCUT2D eigenvalue weighted by Crippen LogP contribution is -2.29. The molecule has 0 aliphatic carbocycles. The molecular formula is C9H13ClF3NO. The van der Waals surface area contributed by atoms with E-state index in [0.717, 1.165) is 6.42 Å². The van der Waals surface area contributed by atoms with Crippen LogP contribution in [0.1, 0.15) is 19.3 Å². The molecule has 1 rings (SSSR count). The average molecular weight is 244 g/mol. The lowest BCUT2D eigenvalue weighted by atomic mass is 10.2. The molecule has 0 saturated carbocycles. The van der Waals surface area contributed by atoms with E-state index in [-0.39, 0.29) is 5.92 Å². The highest BCUT2D eigenvalue weighted by atomic mass is 35.5. The van der Waals surface area contributed by atoms with E-state index in [9.17, 15) is 18.0 Å². The van der Waals surface area contributed by atoms with Crippen molar-refractivity contribution in [3.63, 3.8) is 0 Å². The summed E-state index contributed by atoms with van der Waals surface area (Å²) in [5.74, 6) is 0.282. The number of carbonyl (C=O) groups excluding carboxylic acids is 1. The van der Waals surface area contributed by atoms with Crippen molar-refractivity contribution in [2.75, 3.05) is 19.0 Å². The summed E-state index contributed by atoms with van der Waals surface area (Å²) in [5, 5.41) is 0. The van der Waals surface area contributed by atoms with E-state index < -0.39 is 24.9 Å². The number of hydrogen-bond donors (Lipinski definition) is 0. The van der Waals surface area contributed by atoms with Gasteiger partial charge in [0.25, 0.3) is 0 Å². The summed E-state index contributed by atoms with van der Waals surface area (Å²) in [4.78, 5) is 12.8. The van der Waals surface area contributed by atoms with Crippen LogP contribution in [0.3, 0.4) is 0 Å². The maximum Gasteiger partial charge on any atom is 0.389 e. The van der Waals surface area contributed by atoms with Gasteiger partial charge in [0.2, 0.25) is 5.91 Å². The third kappa shape index (κ3) is 4.28. The molecule has 1 heterocycles. The van der Waals surface area contributed by atoms with E-state index in [2.05, 4.69) is 0 Å². The van der Waals surface area contributed by atoms with Gasteiger partial charge in [-0.2, -0.15) is 13.2 Å². The predicted octanol–water partition coefficient (Wildman–Crippen LogP) is 2.42. The fourth-order valence-electron chi connectivity index (χ4n) is 1.59. The van der Waals surface area contributed by atoms with E-state index in [0.29, 0.717) is 19.0 Å². The standard InChI is InChI=1S/C9H13ClF3NO/c10-5-7-2-4-14(6-7)8(15)1-3-9(11,12)13/h7H,1-6H2. The van der Waals surface area contributed by atoms with Crippen LogP contribution < -0.4 is 0 Å². The minimum absolute atomic E-state index is 0.238. The summed E-state index contributed by atoms with van der Waals surface area (Å²) in [7, 11) is 0. The zero-order valence-corrected chi connectivity index (χ0v) is 8.94. The first kappa shape index (κ1) is 12.6. The first-order chi connectivity index (χ1) is 6.92. The number of carbonyl (C=O) groups is 1. The summed E-state index contributed by atoms with van der Waals surface area (Å²) in [5.41, 5.74) is 0. The molecule has 6 heteroatoms. The molecule has 1 fully saturated rings. The number of amides is 1. The average Bonchev–Trinajstić information content (AvgIpc) is 2.61. The predicted molar refractivity (Wildman–Crippen MR) is 50.7 cm³/mol. The normalized spacial score (nSPS) is 22.1. The number of alkyl halides is 4. The molecule has 1 amide bonds. The second-order valence-electron chi connectivity index (χ2n) is 3.76. The molecule has 88 valence electrons. The quantitative estimate of drug-likeness (QED) is 0.697. The van der Waals surface area contributed by atoms with Crippen molar-refractivity contribution in [3.05, 3.63) is 0 Å². The lowest BCUT2D eigenvalue weighted by molar-refractivity contribution is -0.148. The molecule has 1 aliphatic rings. The fraction of sp³-hybridized carbons (Fsp3) is 0.889. The van der Waals surface area contributed by atoms with Gasteiger partial charge >= 0.3 is 6.18 Å². The van der Waals surface area contributed by atoms with Gasteiger partial charge in [0.05, 0.1) is 6.42 Å². The SMILES string of the molecule is O=C(CCC(F)(F)F)N1CCC(CCl)C1. The van der Waals surface area contributed by atoms with Gasteiger partial charge in [-0.15, -0.1) is 11.6 Å². The summed E-state index contributed by atoms with van der Waals surface area (Å²) >= 11 is 5.61. The number of hydrogen-bond acceptors (Lipinski definition) is 1. The van der Waals surface area contributed by atoms with Crippen LogP contribution in [0.5, 0.6) is 0 Å². The zero-order valence-electron chi connectivity index (χ0n) is 8.19. The Morgan fingerprint density at radius 3 is 2.60 bits per heavy atom. The van der Waals surface area contributed by atoms with Crippen LogP contribution in [0, 0.1) is 5.92 Å². The van der Waals surface area contributed by atoms with Gasteiger partial charge in [0, 0.05) is 25.4 Å². The topological polar surface area (TPSA) is 20.3 Å². The maximum absolute atomic E-state index is 11.9. The van der Waals surface area contributed by atoms with E-state index in [1.165, 1.54) is 4.90 Å². The second kappa shape index (κ2) is 5.05. The highest BCUT2D eigenvalue weighted by molar-refractivity contribution is 6.18. The van der Waals surface area contributed by atoms with Crippen LogP contribution in [-0.2, 0) is 4.79 Å². The van der Waals surface area contributed by atoms with E-state index >= 15 is 0 Å². The Bertz CT molecular complexity index is 232. The Labute approximate surface area is 91.4 Å². The molecule has 0 aromatic heterocycles. The molecule has 0 bridgehead atoms. The largest absolute Gasteiger partial charge is 0.389 e. The van der Waals surface area contributed by atoms with Gasteiger partial charge in [-0.1, -0.05) is 0 Å². The summed E-state index contributed by atoms with van der Waals surface area (Å²) in [6, 6.07) is 0. The Hall–Kier alpha value is -0.450. The van der Waals surface area contributed by atoms with Crippen molar-refractivity contribution >= 4 is 17.5 Å². The Balaban J connectivity index is 2.30. The van der Waals surface area contributed by atoms with Crippen LogP contribution in [0.25, 0.3) is 0 Å². The Morgan fingerprint density at radius 2 is 2.13 bits per heavy atom. The summed E-state index contributed by atoms with van der Waals surface area (Å²) in [6.45, 7) is 1.04. The molecule has 0 aromatic carbocycles. The third-order valence-corrected chi connectivity index (χ3v) is 2.92. The molecule has 15 heavy (non-hydrogen) atoms. The third-order valence-electron chi connectivity index (χ3n) is 2.48. The minimum Gasteiger partial charge on any atom is -0.342 e. The van der Waals surface area contributed by atoms with Crippen LogP contribution in [-0.4, -0.2) is 36.0 Å². The van der Waals surface area contributed by atoms with Crippen LogP contribution in [0.4, 0.5) is 13.2 Å². The van der Waals surface area contributed by atoms with Gasteiger partial charge < -0.3 is 4.90 Å². The molecule has 1 unspecified atom stereocenters. The van der Waals surface area contributed by atoms with Gasteiger partial charge in [-0.3, -0.25) is 4.79 Å². The molecule has 0 spiro atoms. The Morgan fingerprint density at radius 1 is 1.47 bits per heavy atom. The molecule has 0 aromatic rings. The van der Waals surface area contributed by atoms with Gasteiger partial charge in [-0.05, 0) is 12.3 Å². The molecule has 0 N–H and O–H groups in total. The van der Waals surface area contributed by atoms with Crippen molar-refractivity contribution in [2.24, 2.45) is 5.92 Å². The molecule has 1 aliphatic heterocycles. The molecule has 2 nitrogen and oxygen atoms in total. The van der Waals surface area contributed by atoms with E-state index in [1.54, 1.807) is 0 Å². The van der Waals surface area contributed by atoms with Crippen molar-refractivity contribution in [3.8, 4) is 0 Å². The smallest absolute Gasteiger partial charge is 0.342 e. The van der Waals surface area contributed by atoms with Crippen molar-refractivity contribution in [1.82, 2.24) is 4.90 Å². The van der Waals surface area contributed by atoms with Gasteiger partial charge in [-0.25, -0.2) is 0 Å². The van der Waals surface area contributed by atoms with Crippen molar-refractivity contribution in [2.45, 2.75) is 25.4 Å². The highest BCUT2D eigenvalue weighted by Gasteiger charge is 2.31. The Kier molecular flexibility index (Phi) is 4.25. The van der Waals surface area contributed by atoms with Gasteiger partial charge in [0.15, 0.2) is 0 Å². The van der Waals surface area contributed by atoms with Crippen LogP contribution in [0.15, 0.2) is 0 Å². The number of nitrogens with zero attached hydrogens (tertiary/aromatic N) is 1. The number of halogens is 4. The number of likely N-dealkylation sites (tertiary alicyclic amines) is 1. The van der Waals surface area contributed by atoms with Gasteiger partial charge in [0.1, 0.15) is 0 Å². The first-order valence-electron chi connectivity index (χ1n) is 4.83. The van der Waals surface area contributed by atoms with Crippen LogP contribution in [0.2, 0.25) is 0 Å². The first-order valence-corrected chi connectivity index (χ1v) is 5.36. The second-order valence-corrected chi connectivity index (χ2v) is 4.07. The van der Waals surface area contributed by atoms with Crippen molar-refractivity contribution < 1.29 is 18.0 Å². The van der Waals surface area contributed by atoms with E-state index in [4.69, 9.17) is 11.6 Å². The maximum atomic E-state index is 11.9. The zero-order chi connectivity index (χ0) is 11.5.